The average molecular weight is 271 g/mol. The van der Waals surface area contributed by atoms with Crippen LogP contribution >= 0.6 is 0 Å². The number of carbonyl (C=O) groups is 1. The second kappa shape index (κ2) is 4.65. The summed E-state index contributed by atoms with van der Waals surface area (Å²) in [6, 6.07) is 8.14. The number of hydrogen-bond acceptors (Lipinski definition) is 1. The molecule has 0 amide bonds. The van der Waals surface area contributed by atoms with E-state index in [4.69, 9.17) is 0 Å². The van der Waals surface area contributed by atoms with Gasteiger partial charge in [-0.3, -0.25) is 4.79 Å². The third-order valence-electron chi connectivity index (χ3n) is 4.68. The molecule has 106 valence electrons. The molecule has 1 aliphatic rings. The first-order valence-corrected chi connectivity index (χ1v) is 7.32. The molecule has 3 rings (SSSR count). The van der Waals surface area contributed by atoms with Crippen LogP contribution in [0.1, 0.15) is 38.7 Å². The van der Waals surface area contributed by atoms with Gasteiger partial charge in [-0.15, -0.1) is 0 Å². The van der Waals surface area contributed by atoms with Crippen LogP contribution in [0.4, 0.5) is 0 Å². The van der Waals surface area contributed by atoms with E-state index in [1.807, 2.05) is 18.2 Å². The van der Waals surface area contributed by atoms with Crippen LogP contribution < -0.4 is 0 Å². The molecule has 2 aromatic rings. The van der Waals surface area contributed by atoms with E-state index in [-0.39, 0.29) is 0 Å². The van der Waals surface area contributed by atoms with Crippen molar-refractivity contribution in [2.45, 2.75) is 45.1 Å². The maximum Gasteiger partial charge on any atom is 0.313 e. The van der Waals surface area contributed by atoms with Crippen LogP contribution in [-0.4, -0.2) is 15.6 Å². The van der Waals surface area contributed by atoms with Crippen molar-refractivity contribution in [2.24, 2.45) is 5.92 Å². The maximum absolute atomic E-state index is 11.6. The fourth-order valence-electron chi connectivity index (χ4n) is 2.96. The third-order valence-corrected chi connectivity index (χ3v) is 4.68. The summed E-state index contributed by atoms with van der Waals surface area (Å²) in [7, 11) is 0. The molecule has 3 heteroatoms. The van der Waals surface area contributed by atoms with Crippen molar-refractivity contribution in [3.8, 4) is 0 Å². The highest BCUT2D eigenvalue weighted by Crippen LogP contribution is 2.35. The maximum atomic E-state index is 11.6. The van der Waals surface area contributed by atoms with Gasteiger partial charge in [0, 0.05) is 23.6 Å². The zero-order valence-corrected chi connectivity index (χ0v) is 12.1. The normalized spacial score (nSPS) is 16.3. The lowest BCUT2D eigenvalue weighted by Gasteiger charge is -2.26. The van der Waals surface area contributed by atoms with E-state index in [1.54, 1.807) is 13.8 Å². The molecule has 1 aromatic heterocycles. The SMILES string of the molecule is CC(C)(C(=O)O)c1cn(CC2CCC2)c2ccccc12. The molecule has 0 radical (unpaired) electrons. The minimum Gasteiger partial charge on any atom is -0.481 e. The summed E-state index contributed by atoms with van der Waals surface area (Å²) in [5.41, 5.74) is 1.22. The summed E-state index contributed by atoms with van der Waals surface area (Å²) in [6.07, 6.45) is 5.97. The zero-order valence-electron chi connectivity index (χ0n) is 12.1. The lowest BCUT2D eigenvalue weighted by atomic mass is 9.84. The van der Waals surface area contributed by atoms with Crippen LogP contribution in [-0.2, 0) is 16.8 Å². The van der Waals surface area contributed by atoms with Gasteiger partial charge in [0.15, 0.2) is 0 Å². The Labute approximate surface area is 119 Å². The lowest BCUT2D eigenvalue weighted by Crippen LogP contribution is -2.28. The molecule has 0 atom stereocenters. The molecule has 1 fully saturated rings. The topological polar surface area (TPSA) is 42.2 Å². The van der Waals surface area contributed by atoms with E-state index in [1.165, 1.54) is 19.3 Å². The van der Waals surface area contributed by atoms with Crippen molar-refractivity contribution in [2.75, 3.05) is 0 Å². The highest BCUT2D eigenvalue weighted by Gasteiger charge is 2.33. The molecule has 0 unspecified atom stereocenters. The van der Waals surface area contributed by atoms with Crippen molar-refractivity contribution in [3.63, 3.8) is 0 Å². The Morgan fingerprint density at radius 3 is 2.65 bits per heavy atom. The Balaban J connectivity index is 2.10. The van der Waals surface area contributed by atoms with Crippen LogP contribution in [0.15, 0.2) is 30.5 Å². The summed E-state index contributed by atoms with van der Waals surface area (Å²) in [4.78, 5) is 11.6. The standard InChI is InChI=1S/C17H21NO2/c1-17(2,16(19)20)14-11-18(10-12-6-5-7-12)15-9-4-3-8-13(14)15/h3-4,8-9,11-12H,5-7,10H2,1-2H3,(H,19,20). The monoisotopic (exact) mass is 271 g/mol. The second-order valence-electron chi connectivity index (χ2n) is 6.44. The van der Waals surface area contributed by atoms with Gasteiger partial charge in [0.1, 0.15) is 0 Å². The fourth-order valence-corrected chi connectivity index (χ4v) is 2.96. The van der Waals surface area contributed by atoms with Crippen LogP contribution in [0.5, 0.6) is 0 Å². The van der Waals surface area contributed by atoms with Gasteiger partial charge >= 0.3 is 5.97 Å². The molecule has 0 bridgehead atoms. The Morgan fingerprint density at radius 1 is 1.35 bits per heavy atom. The number of hydrogen-bond donors (Lipinski definition) is 1. The Kier molecular flexibility index (Phi) is 3.08. The highest BCUT2D eigenvalue weighted by molar-refractivity contribution is 5.92. The number of nitrogens with zero attached hydrogens (tertiary/aromatic N) is 1. The largest absolute Gasteiger partial charge is 0.481 e. The Hall–Kier alpha value is -1.77. The summed E-state index contributed by atoms with van der Waals surface area (Å²) in [5, 5.41) is 10.6. The van der Waals surface area contributed by atoms with E-state index in [2.05, 4.69) is 16.8 Å². The fraction of sp³-hybridized carbons (Fsp3) is 0.471. The number of carboxylic acids is 1. The van der Waals surface area contributed by atoms with Crippen molar-refractivity contribution in [1.29, 1.82) is 0 Å². The number of aliphatic carboxylic acids is 1. The number of rotatable bonds is 4. The van der Waals surface area contributed by atoms with Gasteiger partial charge in [-0.2, -0.15) is 0 Å². The first-order valence-electron chi connectivity index (χ1n) is 7.32. The molecule has 1 N–H and O–H groups in total. The highest BCUT2D eigenvalue weighted by atomic mass is 16.4. The van der Waals surface area contributed by atoms with Gasteiger partial charge in [-0.05, 0) is 44.2 Å². The number of para-hydroxylation sites is 1. The van der Waals surface area contributed by atoms with Crippen molar-refractivity contribution >= 4 is 16.9 Å². The van der Waals surface area contributed by atoms with Crippen LogP contribution in [0.3, 0.4) is 0 Å². The second-order valence-corrected chi connectivity index (χ2v) is 6.44. The van der Waals surface area contributed by atoms with Crippen molar-refractivity contribution in [3.05, 3.63) is 36.0 Å². The molecule has 0 saturated heterocycles. The minimum atomic E-state index is -0.857. The number of aromatic nitrogens is 1. The predicted octanol–water partition coefficient (Wildman–Crippen LogP) is 3.80. The first kappa shape index (κ1) is 13.2. The molecule has 1 aromatic carbocycles. The van der Waals surface area contributed by atoms with E-state index < -0.39 is 11.4 Å². The predicted molar refractivity (Wildman–Crippen MR) is 79.9 cm³/mol. The molecular formula is C17H21NO2. The zero-order chi connectivity index (χ0) is 14.3. The molecule has 3 nitrogen and oxygen atoms in total. The summed E-state index contributed by atoms with van der Waals surface area (Å²) in [6.45, 7) is 4.58. The van der Waals surface area contributed by atoms with Gasteiger partial charge in [-0.25, -0.2) is 0 Å². The average Bonchev–Trinajstić information content (AvgIpc) is 2.73. The van der Waals surface area contributed by atoms with Gasteiger partial charge in [-0.1, -0.05) is 24.6 Å². The van der Waals surface area contributed by atoms with E-state index >= 15 is 0 Å². The van der Waals surface area contributed by atoms with Gasteiger partial charge in [0.25, 0.3) is 0 Å². The minimum absolute atomic E-state index is 0.756. The van der Waals surface area contributed by atoms with Gasteiger partial charge < -0.3 is 9.67 Å². The number of benzene rings is 1. The molecule has 1 aliphatic carbocycles. The Morgan fingerprint density at radius 2 is 2.05 bits per heavy atom. The van der Waals surface area contributed by atoms with Gasteiger partial charge in [0.2, 0.25) is 0 Å². The quantitative estimate of drug-likeness (QED) is 0.919. The molecule has 0 aliphatic heterocycles. The molecule has 0 spiro atoms. The van der Waals surface area contributed by atoms with Crippen LogP contribution in [0.2, 0.25) is 0 Å². The molecule has 20 heavy (non-hydrogen) atoms. The van der Waals surface area contributed by atoms with E-state index in [9.17, 15) is 9.90 Å². The van der Waals surface area contributed by atoms with Crippen LogP contribution in [0.25, 0.3) is 10.9 Å². The Bertz CT molecular complexity index is 650. The number of carboxylic acid groups (broad SMARTS) is 1. The summed E-state index contributed by atoms with van der Waals surface area (Å²) in [5.74, 6) is -0.0179. The van der Waals surface area contributed by atoms with Crippen LogP contribution in [0, 0.1) is 5.92 Å². The first-order chi connectivity index (χ1) is 9.50. The molecular weight excluding hydrogens is 250 g/mol. The molecule has 1 heterocycles. The van der Waals surface area contributed by atoms with E-state index in [0.717, 1.165) is 28.9 Å². The van der Waals surface area contributed by atoms with Crippen molar-refractivity contribution < 1.29 is 9.90 Å². The summed E-state index contributed by atoms with van der Waals surface area (Å²) >= 11 is 0. The smallest absolute Gasteiger partial charge is 0.313 e. The third kappa shape index (κ3) is 2.01. The molecule has 1 saturated carbocycles. The van der Waals surface area contributed by atoms with Crippen molar-refractivity contribution in [1.82, 2.24) is 4.57 Å². The lowest BCUT2D eigenvalue weighted by molar-refractivity contribution is -0.142. The van der Waals surface area contributed by atoms with Gasteiger partial charge in [0.05, 0.1) is 5.41 Å². The van der Waals surface area contributed by atoms with E-state index in [0.29, 0.717) is 0 Å². The summed E-state index contributed by atoms with van der Waals surface area (Å²) < 4.78 is 2.25. The number of fused-ring (bicyclic) bond motifs is 1.